The Kier molecular flexibility index (Phi) is 4.31. The third-order valence-electron chi connectivity index (χ3n) is 4.33. The topological polar surface area (TPSA) is 20.2 Å². The zero-order chi connectivity index (χ0) is 14.2. The van der Waals surface area contributed by atoms with Crippen LogP contribution >= 0.6 is 15.9 Å². The van der Waals surface area contributed by atoms with Crippen molar-refractivity contribution in [3.63, 3.8) is 0 Å². The number of rotatable bonds is 2. The van der Waals surface area contributed by atoms with Gasteiger partial charge in [-0.2, -0.15) is 0 Å². The minimum Gasteiger partial charge on any atom is -0.388 e. The Hall–Kier alpha value is -0.480. The van der Waals surface area contributed by atoms with Crippen LogP contribution in [0.1, 0.15) is 51.2 Å². The molecule has 0 bridgehead atoms. The molecule has 0 saturated heterocycles. The maximum absolute atomic E-state index is 13.9. The molecular weight excluding hydrogens is 314 g/mol. The molecule has 0 radical (unpaired) electrons. The second kappa shape index (κ2) is 5.49. The van der Waals surface area contributed by atoms with Gasteiger partial charge in [-0.05, 0) is 52.2 Å². The van der Waals surface area contributed by atoms with E-state index in [1.54, 1.807) is 0 Å². The van der Waals surface area contributed by atoms with E-state index in [1.165, 1.54) is 0 Å². The highest BCUT2D eigenvalue weighted by atomic mass is 79.9. The van der Waals surface area contributed by atoms with Crippen molar-refractivity contribution in [1.82, 2.24) is 0 Å². The monoisotopic (exact) mass is 332 g/mol. The lowest BCUT2D eigenvalue weighted by Crippen LogP contribution is -2.33. The van der Waals surface area contributed by atoms with Gasteiger partial charge in [0.05, 0.1) is 10.6 Å². The van der Waals surface area contributed by atoms with Crippen molar-refractivity contribution < 1.29 is 13.9 Å². The quantitative estimate of drug-likeness (QED) is 0.757. The van der Waals surface area contributed by atoms with Crippen molar-refractivity contribution in [2.75, 3.05) is 0 Å². The molecule has 4 heteroatoms. The van der Waals surface area contributed by atoms with Crippen molar-refractivity contribution in [2.45, 2.75) is 45.6 Å². The molecule has 2 unspecified atom stereocenters. The summed E-state index contributed by atoms with van der Waals surface area (Å²) in [5.41, 5.74) is 0.0221. The molecule has 0 amide bonds. The average Bonchev–Trinajstić information content (AvgIpc) is 2.32. The van der Waals surface area contributed by atoms with Crippen LogP contribution in [0.2, 0.25) is 0 Å². The highest BCUT2D eigenvalue weighted by Crippen LogP contribution is 2.47. The fraction of sp³-hybridized carbons (Fsp3) is 0.600. The van der Waals surface area contributed by atoms with Gasteiger partial charge in [-0.1, -0.05) is 26.7 Å². The molecule has 19 heavy (non-hydrogen) atoms. The van der Waals surface area contributed by atoms with Crippen molar-refractivity contribution in [1.29, 1.82) is 0 Å². The van der Waals surface area contributed by atoms with Gasteiger partial charge in [0.2, 0.25) is 0 Å². The van der Waals surface area contributed by atoms with Crippen LogP contribution in [-0.4, -0.2) is 5.11 Å². The summed E-state index contributed by atoms with van der Waals surface area (Å²) in [5.74, 6) is -1.12. The predicted molar refractivity (Wildman–Crippen MR) is 74.8 cm³/mol. The SMILES string of the molecule is CC1(C)CCCCC1C(O)c1cc(F)c(Br)cc1F. The molecule has 1 N–H and O–H groups in total. The minimum atomic E-state index is -0.946. The van der Waals surface area contributed by atoms with Gasteiger partial charge in [-0.3, -0.25) is 0 Å². The van der Waals surface area contributed by atoms with Gasteiger partial charge in [-0.15, -0.1) is 0 Å². The molecule has 1 saturated carbocycles. The van der Waals surface area contributed by atoms with Crippen molar-refractivity contribution in [3.8, 4) is 0 Å². The molecular formula is C15H19BrF2O. The maximum Gasteiger partial charge on any atom is 0.137 e. The summed E-state index contributed by atoms with van der Waals surface area (Å²) in [7, 11) is 0. The van der Waals surface area contributed by atoms with Crippen LogP contribution in [0.3, 0.4) is 0 Å². The van der Waals surface area contributed by atoms with E-state index >= 15 is 0 Å². The first-order valence-electron chi connectivity index (χ1n) is 6.65. The van der Waals surface area contributed by atoms with Crippen LogP contribution in [0.25, 0.3) is 0 Å². The first kappa shape index (κ1) is 14.9. The summed E-state index contributed by atoms with van der Waals surface area (Å²) >= 11 is 2.95. The molecule has 1 aromatic rings. The Balaban J connectivity index is 2.33. The zero-order valence-electron chi connectivity index (χ0n) is 11.2. The van der Waals surface area contributed by atoms with E-state index in [0.29, 0.717) is 0 Å². The zero-order valence-corrected chi connectivity index (χ0v) is 12.8. The number of aliphatic hydroxyl groups is 1. The van der Waals surface area contributed by atoms with E-state index in [0.717, 1.165) is 37.8 Å². The van der Waals surface area contributed by atoms with Crippen LogP contribution in [0.15, 0.2) is 16.6 Å². The van der Waals surface area contributed by atoms with E-state index in [9.17, 15) is 13.9 Å². The minimum absolute atomic E-state index is 0.0312. The van der Waals surface area contributed by atoms with Crippen LogP contribution in [0, 0.1) is 23.0 Å². The second-order valence-corrected chi connectivity index (χ2v) is 6.93. The number of halogens is 3. The van der Waals surface area contributed by atoms with Gasteiger partial charge in [-0.25, -0.2) is 8.78 Å². The summed E-state index contributed by atoms with van der Waals surface area (Å²) < 4.78 is 27.6. The molecule has 106 valence electrons. The number of aliphatic hydroxyl groups excluding tert-OH is 1. The molecule has 2 rings (SSSR count). The molecule has 1 fully saturated rings. The van der Waals surface area contributed by atoms with Crippen molar-refractivity contribution in [2.24, 2.45) is 11.3 Å². The molecule has 1 nitrogen and oxygen atoms in total. The third kappa shape index (κ3) is 3.00. The number of hydrogen-bond acceptors (Lipinski definition) is 1. The van der Waals surface area contributed by atoms with Crippen LogP contribution in [0.5, 0.6) is 0 Å². The third-order valence-corrected chi connectivity index (χ3v) is 4.94. The Morgan fingerprint density at radius 3 is 2.58 bits per heavy atom. The molecule has 0 heterocycles. The lowest BCUT2D eigenvalue weighted by Gasteiger charge is -2.41. The highest BCUT2D eigenvalue weighted by Gasteiger charge is 2.38. The molecule has 1 aromatic carbocycles. The smallest absolute Gasteiger partial charge is 0.137 e. The summed E-state index contributed by atoms with van der Waals surface area (Å²) in [6.07, 6.45) is 3.08. The van der Waals surface area contributed by atoms with Crippen LogP contribution < -0.4 is 0 Å². The fourth-order valence-corrected chi connectivity index (χ4v) is 3.40. The van der Waals surface area contributed by atoms with Crippen molar-refractivity contribution in [3.05, 3.63) is 33.8 Å². The summed E-state index contributed by atoms with van der Waals surface area (Å²) in [5, 5.41) is 10.5. The molecule has 1 aliphatic carbocycles. The molecule has 1 aliphatic rings. The van der Waals surface area contributed by atoms with E-state index in [1.807, 2.05) is 0 Å². The van der Waals surface area contributed by atoms with Gasteiger partial charge in [0.15, 0.2) is 0 Å². The van der Waals surface area contributed by atoms with E-state index < -0.39 is 17.7 Å². The van der Waals surface area contributed by atoms with Crippen LogP contribution in [0.4, 0.5) is 8.78 Å². The summed E-state index contributed by atoms with van der Waals surface area (Å²) in [6, 6.07) is 2.19. The summed E-state index contributed by atoms with van der Waals surface area (Å²) in [4.78, 5) is 0. The van der Waals surface area contributed by atoms with Gasteiger partial charge in [0.25, 0.3) is 0 Å². The Morgan fingerprint density at radius 2 is 1.95 bits per heavy atom. The molecule has 0 aliphatic heterocycles. The van der Waals surface area contributed by atoms with E-state index in [4.69, 9.17) is 0 Å². The van der Waals surface area contributed by atoms with Crippen LogP contribution in [-0.2, 0) is 0 Å². The average molecular weight is 333 g/mol. The number of benzene rings is 1. The lowest BCUT2D eigenvalue weighted by atomic mass is 9.65. The lowest BCUT2D eigenvalue weighted by molar-refractivity contribution is 0.00181. The molecule has 0 spiro atoms. The molecule has 2 atom stereocenters. The maximum atomic E-state index is 13.9. The fourth-order valence-electron chi connectivity index (χ4n) is 3.09. The summed E-state index contributed by atoms with van der Waals surface area (Å²) in [6.45, 7) is 4.18. The van der Waals surface area contributed by atoms with Gasteiger partial charge in [0.1, 0.15) is 11.6 Å². The van der Waals surface area contributed by atoms with Gasteiger partial charge in [0, 0.05) is 5.56 Å². The number of hydrogen-bond donors (Lipinski definition) is 1. The second-order valence-electron chi connectivity index (χ2n) is 6.07. The van der Waals surface area contributed by atoms with Gasteiger partial charge < -0.3 is 5.11 Å². The van der Waals surface area contributed by atoms with Crippen molar-refractivity contribution >= 4 is 15.9 Å². The standard InChI is InChI=1S/C15H19BrF2O/c1-15(2)6-4-3-5-10(15)14(19)9-7-13(18)11(16)8-12(9)17/h7-8,10,14,19H,3-6H2,1-2H3. The van der Waals surface area contributed by atoms with E-state index in [2.05, 4.69) is 29.8 Å². The van der Waals surface area contributed by atoms with E-state index in [-0.39, 0.29) is 21.4 Å². The normalized spacial score (nSPS) is 24.2. The van der Waals surface area contributed by atoms with Gasteiger partial charge >= 0.3 is 0 Å². The Bertz CT molecular complexity index is 473. The Morgan fingerprint density at radius 1 is 1.26 bits per heavy atom. The Labute approximate surface area is 121 Å². The molecule has 0 aromatic heterocycles. The highest BCUT2D eigenvalue weighted by molar-refractivity contribution is 9.10. The first-order valence-corrected chi connectivity index (χ1v) is 7.45. The first-order chi connectivity index (χ1) is 8.83. The predicted octanol–water partition coefficient (Wildman–Crippen LogP) is 4.98. The largest absolute Gasteiger partial charge is 0.388 e.